The normalized spacial score (nSPS) is 12.3. The number of benzene rings is 1. The smallest absolute Gasteiger partial charge is 0.155 e. The molecule has 0 amide bonds. The van der Waals surface area contributed by atoms with Gasteiger partial charge in [0.2, 0.25) is 0 Å². The van der Waals surface area contributed by atoms with Gasteiger partial charge < -0.3 is 9.67 Å². The monoisotopic (exact) mass is 227 g/mol. The summed E-state index contributed by atoms with van der Waals surface area (Å²) < 4.78 is 1.82. The zero-order valence-electron chi connectivity index (χ0n) is 9.81. The Kier molecular flexibility index (Phi) is 2.84. The van der Waals surface area contributed by atoms with Crippen molar-refractivity contribution in [2.45, 2.75) is 13.3 Å². The third-order valence-corrected chi connectivity index (χ3v) is 2.75. The predicted octanol–water partition coefficient (Wildman–Crippen LogP) is 2.78. The number of para-hydroxylation sites is 2. The van der Waals surface area contributed by atoms with Crippen LogP contribution in [0.25, 0.3) is 16.6 Å². The Morgan fingerprint density at radius 2 is 2.18 bits per heavy atom. The van der Waals surface area contributed by atoms with Crippen LogP contribution in [0.15, 0.2) is 30.0 Å². The van der Waals surface area contributed by atoms with Gasteiger partial charge in [-0.25, -0.2) is 4.98 Å². The number of aliphatic hydroxyl groups excluding tert-OH is 1. The summed E-state index contributed by atoms with van der Waals surface area (Å²) in [5, 5.41) is 18.8. The van der Waals surface area contributed by atoms with Crippen molar-refractivity contribution in [3.63, 3.8) is 0 Å². The van der Waals surface area contributed by atoms with Crippen molar-refractivity contribution >= 4 is 16.6 Å². The number of fused-ring (bicyclic) bond motifs is 1. The Morgan fingerprint density at radius 3 is 2.76 bits per heavy atom. The zero-order valence-corrected chi connectivity index (χ0v) is 9.81. The molecule has 1 aromatic heterocycles. The van der Waals surface area contributed by atoms with Crippen LogP contribution in [0.4, 0.5) is 0 Å². The first-order chi connectivity index (χ1) is 8.19. The van der Waals surface area contributed by atoms with Gasteiger partial charge in [0, 0.05) is 13.5 Å². The van der Waals surface area contributed by atoms with E-state index >= 15 is 0 Å². The second-order valence-corrected chi connectivity index (χ2v) is 3.77. The summed E-state index contributed by atoms with van der Waals surface area (Å²) in [6.07, 6.45) is 0.423. The van der Waals surface area contributed by atoms with E-state index in [-0.39, 0.29) is 11.3 Å². The van der Waals surface area contributed by atoms with E-state index < -0.39 is 0 Å². The van der Waals surface area contributed by atoms with Gasteiger partial charge in [0.05, 0.1) is 11.0 Å². The van der Waals surface area contributed by atoms with Gasteiger partial charge in [-0.3, -0.25) is 0 Å². The zero-order chi connectivity index (χ0) is 12.4. The van der Waals surface area contributed by atoms with Gasteiger partial charge in [-0.05, 0) is 12.1 Å². The molecule has 1 aromatic carbocycles. The SMILES string of the molecule is CC/C(O)=C(/C#N)c1nc2ccccc2n1C. The molecule has 0 spiro atoms. The van der Waals surface area contributed by atoms with Crippen LogP contribution in [-0.4, -0.2) is 14.7 Å². The standard InChI is InChI=1S/C13H13N3O/c1-3-12(17)9(8-14)13-15-10-6-4-5-7-11(10)16(13)2/h4-7,17H,3H2,1-2H3/b12-9+. The highest BCUT2D eigenvalue weighted by atomic mass is 16.3. The number of allylic oxidation sites excluding steroid dienone is 2. The molecule has 0 saturated heterocycles. The Bertz CT molecular complexity index is 632. The van der Waals surface area contributed by atoms with Gasteiger partial charge in [-0.2, -0.15) is 5.26 Å². The molecule has 17 heavy (non-hydrogen) atoms. The Morgan fingerprint density at radius 1 is 1.47 bits per heavy atom. The first-order valence-electron chi connectivity index (χ1n) is 5.43. The first kappa shape index (κ1) is 11.2. The summed E-state index contributed by atoms with van der Waals surface area (Å²) in [6.45, 7) is 1.80. The molecule has 4 heteroatoms. The second-order valence-electron chi connectivity index (χ2n) is 3.77. The molecule has 0 saturated carbocycles. The van der Waals surface area contributed by atoms with E-state index in [1.54, 1.807) is 6.92 Å². The maximum atomic E-state index is 9.72. The largest absolute Gasteiger partial charge is 0.511 e. The first-order valence-corrected chi connectivity index (χ1v) is 5.43. The van der Waals surface area contributed by atoms with Crippen molar-refractivity contribution in [1.29, 1.82) is 5.26 Å². The van der Waals surface area contributed by atoms with Crippen molar-refractivity contribution in [2.75, 3.05) is 0 Å². The molecule has 1 N–H and O–H groups in total. The third kappa shape index (κ3) is 1.76. The fourth-order valence-corrected chi connectivity index (χ4v) is 1.79. The Balaban J connectivity index is 2.72. The number of nitrogens with zero attached hydrogens (tertiary/aromatic N) is 3. The number of hydrogen-bond donors (Lipinski definition) is 1. The van der Waals surface area contributed by atoms with Crippen molar-refractivity contribution in [3.8, 4) is 6.07 Å². The topological polar surface area (TPSA) is 61.8 Å². The third-order valence-electron chi connectivity index (χ3n) is 2.75. The van der Waals surface area contributed by atoms with Crippen molar-refractivity contribution in [2.24, 2.45) is 7.05 Å². The average molecular weight is 227 g/mol. The van der Waals surface area contributed by atoms with Crippen LogP contribution in [0, 0.1) is 11.3 Å². The maximum absolute atomic E-state index is 9.72. The molecule has 2 aromatic rings. The molecule has 0 bridgehead atoms. The highest BCUT2D eigenvalue weighted by molar-refractivity contribution is 5.83. The summed E-state index contributed by atoms with van der Waals surface area (Å²) in [5.74, 6) is 0.582. The van der Waals surface area contributed by atoms with Crippen LogP contribution < -0.4 is 0 Å². The molecule has 4 nitrogen and oxygen atoms in total. The molecule has 0 radical (unpaired) electrons. The summed E-state index contributed by atoms with van der Waals surface area (Å²) in [7, 11) is 1.84. The minimum atomic E-state index is 0.0749. The van der Waals surface area contributed by atoms with Gasteiger partial charge in [0.1, 0.15) is 17.4 Å². The number of nitriles is 1. The summed E-state index contributed by atoms with van der Waals surface area (Å²) in [6, 6.07) is 9.65. The fraction of sp³-hybridized carbons (Fsp3) is 0.231. The number of hydrogen-bond acceptors (Lipinski definition) is 3. The molecule has 0 unspecified atom stereocenters. The van der Waals surface area contributed by atoms with Gasteiger partial charge in [-0.1, -0.05) is 19.1 Å². The molecule has 86 valence electrons. The van der Waals surface area contributed by atoms with Gasteiger partial charge in [0.15, 0.2) is 5.82 Å². The molecule has 2 rings (SSSR count). The van der Waals surface area contributed by atoms with Gasteiger partial charge in [0.25, 0.3) is 0 Å². The molecule has 1 heterocycles. The Labute approximate surface area is 99.4 Å². The minimum absolute atomic E-state index is 0.0749. The molecule has 0 aliphatic heterocycles. The number of rotatable bonds is 2. The lowest BCUT2D eigenvalue weighted by Crippen LogP contribution is -1.98. The van der Waals surface area contributed by atoms with E-state index in [0.717, 1.165) is 11.0 Å². The summed E-state index contributed by atoms with van der Waals surface area (Å²) >= 11 is 0. The number of aliphatic hydroxyl groups is 1. The van der Waals surface area contributed by atoms with Crippen LogP contribution in [0.1, 0.15) is 19.2 Å². The Hall–Kier alpha value is -2.28. The lowest BCUT2D eigenvalue weighted by molar-refractivity contribution is 0.397. The van der Waals surface area contributed by atoms with Gasteiger partial charge >= 0.3 is 0 Å². The quantitative estimate of drug-likeness (QED) is 0.633. The van der Waals surface area contributed by atoms with E-state index in [4.69, 9.17) is 5.26 Å². The van der Waals surface area contributed by atoms with Gasteiger partial charge in [-0.15, -0.1) is 0 Å². The van der Waals surface area contributed by atoms with Crippen LogP contribution in [-0.2, 0) is 7.05 Å². The highest BCUT2D eigenvalue weighted by Gasteiger charge is 2.14. The average Bonchev–Trinajstić information content (AvgIpc) is 2.68. The lowest BCUT2D eigenvalue weighted by atomic mass is 10.2. The predicted molar refractivity (Wildman–Crippen MR) is 66.2 cm³/mol. The minimum Gasteiger partial charge on any atom is -0.511 e. The number of imidazole rings is 1. The van der Waals surface area contributed by atoms with E-state index in [1.807, 2.05) is 41.9 Å². The van der Waals surface area contributed by atoms with Crippen LogP contribution in [0.3, 0.4) is 0 Å². The van der Waals surface area contributed by atoms with E-state index in [0.29, 0.717) is 12.2 Å². The number of aryl methyl sites for hydroxylation is 1. The molecule has 0 aliphatic carbocycles. The highest BCUT2D eigenvalue weighted by Crippen LogP contribution is 2.22. The lowest BCUT2D eigenvalue weighted by Gasteiger charge is -2.02. The summed E-state index contributed by atoms with van der Waals surface area (Å²) in [5.41, 5.74) is 2.01. The van der Waals surface area contributed by atoms with E-state index in [2.05, 4.69) is 4.98 Å². The molecular weight excluding hydrogens is 214 g/mol. The maximum Gasteiger partial charge on any atom is 0.155 e. The molecular formula is C13H13N3O. The number of aromatic nitrogens is 2. The molecule has 0 aliphatic rings. The van der Waals surface area contributed by atoms with Crippen molar-refractivity contribution in [1.82, 2.24) is 9.55 Å². The second kappa shape index (κ2) is 4.30. The van der Waals surface area contributed by atoms with E-state index in [1.165, 1.54) is 0 Å². The van der Waals surface area contributed by atoms with E-state index in [9.17, 15) is 5.11 Å². The van der Waals surface area contributed by atoms with Crippen LogP contribution in [0.5, 0.6) is 0 Å². The summed E-state index contributed by atoms with van der Waals surface area (Å²) in [4.78, 5) is 4.38. The van der Waals surface area contributed by atoms with Crippen LogP contribution in [0.2, 0.25) is 0 Å². The molecule has 0 fully saturated rings. The van der Waals surface area contributed by atoms with Crippen molar-refractivity contribution in [3.05, 3.63) is 35.8 Å². The van der Waals surface area contributed by atoms with Crippen LogP contribution >= 0.6 is 0 Å². The van der Waals surface area contributed by atoms with Crippen molar-refractivity contribution < 1.29 is 5.11 Å². The fourth-order valence-electron chi connectivity index (χ4n) is 1.79. The molecule has 0 atom stereocenters.